The zero-order valence-electron chi connectivity index (χ0n) is 6.61. The van der Waals surface area contributed by atoms with E-state index in [0.717, 1.165) is 25.2 Å². The largest absolute Gasteiger partial charge is 0.385 e. The van der Waals surface area contributed by atoms with Gasteiger partial charge in [0.25, 0.3) is 0 Å². The van der Waals surface area contributed by atoms with E-state index in [1.54, 1.807) is 0 Å². The van der Waals surface area contributed by atoms with E-state index in [9.17, 15) is 0 Å². The normalized spacial score (nSPS) is 24.7. The molecule has 0 bridgehead atoms. The lowest BCUT2D eigenvalue weighted by atomic mass is 10.2. The Labute approximate surface area is 62.7 Å². The predicted molar refractivity (Wildman–Crippen MR) is 43.8 cm³/mol. The molecule has 0 aliphatic carbocycles. The quantitative estimate of drug-likeness (QED) is 0.607. The smallest absolute Gasteiger partial charge is 0.0394 e. The van der Waals surface area contributed by atoms with Crippen molar-refractivity contribution in [1.82, 2.24) is 10.6 Å². The summed E-state index contributed by atoms with van der Waals surface area (Å²) < 4.78 is 0. The van der Waals surface area contributed by atoms with Crippen LogP contribution in [0.4, 0.5) is 0 Å². The van der Waals surface area contributed by atoms with Crippen LogP contribution >= 0.6 is 0 Å². The lowest BCUT2D eigenvalue weighted by molar-refractivity contribution is 0.602. The van der Waals surface area contributed by atoms with Gasteiger partial charge in [0.15, 0.2) is 0 Å². The summed E-state index contributed by atoms with van der Waals surface area (Å²) in [6.07, 6.45) is 2.27. The lowest BCUT2D eigenvalue weighted by Gasteiger charge is -2.13. The van der Waals surface area contributed by atoms with Gasteiger partial charge < -0.3 is 10.6 Å². The number of allylic oxidation sites excluding steroid dienone is 1. The van der Waals surface area contributed by atoms with Crippen LogP contribution in [-0.2, 0) is 0 Å². The van der Waals surface area contributed by atoms with Gasteiger partial charge in [-0.25, -0.2) is 0 Å². The maximum Gasteiger partial charge on any atom is 0.0394 e. The Balaban J connectivity index is 2.17. The van der Waals surface area contributed by atoms with Gasteiger partial charge in [0.1, 0.15) is 0 Å². The molecule has 1 atom stereocenters. The molecule has 0 radical (unpaired) electrons. The summed E-state index contributed by atoms with van der Waals surface area (Å²) in [4.78, 5) is 0. The minimum atomic E-state index is 0.632. The molecular weight excluding hydrogens is 124 g/mol. The molecule has 0 aromatic carbocycles. The van der Waals surface area contributed by atoms with Gasteiger partial charge >= 0.3 is 0 Å². The van der Waals surface area contributed by atoms with Gasteiger partial charge in [-0.3, -0.25) is 0 Å². The van der Waals surface area contributed by atoms with E-state index in [-0.39, 0.29) is 0 Å². The summed E-state index contributed by atoms with van der Waals surface area (Å²) in [7, 11) is 0. The van der Waals surface area contributed by atoms with Gasteiger partial charge in [0.05, 0.1) is 0 Å². The summed E-state index contributed by atoms with van der Waals surface area (Å²) in [6.45, 7) is 8.26. The highest BCUT2D eigenvalue weighted by molar-refractivity contribution is 4.94. The van der Waals surface area contributed by atoms with E-state index in [1.807, 2.05) is 0 Å². The van der Waals surface area contributed by atoms with Gasteiger partial charge in [-0.1, -0.05) is 13.5 Å². The van der Waals surface area contributed by atoms with Crippen LogP contribution in [0.25, 0.3) is 0 Å². The van der Waals surface area contributed by atoms with E-state index in [0.29, 0.717) is 6.04 Å². The molecule has 1 saturated heterocycles. The monoisotopic (exact) mass is 140 g/mol. The fourth-order valence-corrected chi connectivity index (χ4v) is 1.17. The van der Waals surface area contributed by atoms with Crippen LogP contribution in [0.15, 0.2) is 12.3 Å². The van der Waals surface area contributed by atoms with E-state index in [2.05, 4.69) is 24.1 Å². The summed E-state index contributed by atoms with van der Waals surface area (Å²) in [5.41, 5.74) is 1.16. The van der Waals surface area contributed by atoms with Crippen molar-refractivity contribution in [2.45, 2.75) is 25.8 Å². The van der Waals surface area contributed by atoms with Gasteiger partial charge in [-0.05, 0) is 19.4 Å². The van der Waals surface area contributed by atoms with Crippen molar-refractivity contribution >= 4 is 0 Å². The van der Waals surface area contributed by atoms with Crippen LogP contribution < -0.4 is 10.6 Å². The van der Waals surface area contributed by atoms with Crippen LogP contribution in [0, 0.1) is 0 Å². The van der Waals surface area contributed by atoms with Crippen LogP contribution in [0.2, 0.25) is 0 Å². The van der Waals surface area contributed by atoms with Crippen molar-refractivity contribution < 1.29 is 0 Å². The van der Waals surface area contributed by atoms with Crippen LogP contribution in [0.1, 0.15) is 19.8 Å². The maximum absolute atomic E-state index is 3.90. The first kappa shape index (κ1) is 7.61. The third-order valence-corrected chi connectivity index (χ3v) is 1.90. The number of nitrogens with one attached hydrogen (secondary N) is 2. The molecule has 10 heavy (non-hydrogen) atoms. The Hall–Kier alpha value is -0.500. The molecule has 1 aliphatic heterocycles. The number of hydrogen-bond donors (Lipinski definition) is 2. The second kappa shape index (κ2) is 3.62. The molecule has 1 unspecified atom stereocenters. The highest BCUT2D eigenvalue weighted by Gasteiger charge is 2.12. The van der Waals surface area contributed by atoms with Gasteiger partial charge in [0.2, 0.25) is 0 Å². The molecule has 2 heteroatoms. The average Bonchev–Trinajstić information content (AvgIpc) is 2.40. The highest BCUT2D eigenvalue weighted by atomic mass is 15.0. The van der Waals surface area contributed by atoms with Crippen molar-refractivity contribution in [2.24, 2.45) is 0 Å². The minimum Gasteiger partial charge on any atom is -0.385 e. The first-order valence-corrected chi connectivity index (χ1v) is 3.98. The van der Waals surface area contributed by atoms with Gasteiger partial charge in [0, 0.05) is 18.3 Å². The van der Waals surface area contributed by atoms with Gasteiger partial charge in [-0.15, -0.1) is 0 Å². The van der Waals surface area contributed by atoms with Crippen molar-refractivity contribution in [3.63, 3.8) is 0 Å². The molecule has 0 spiro atoms. The average molecular weight is 140 g/mol. The molecule has 0 amide bonds. The molecule has 2 N–H and O–H groups in total. The predicted octanol–water partition coefficient (Wildman–Crippen LogP) is 0.862. The van der Waals surface area contributed by atoms with Crippen LogP contribution in [0.5, 0.6) is 0 Å². The molecule has 1 fully saturated rings. The Morgan fingerprint density at radius 2 is 2.60 bits per heavy atom. The first-order chi connectivity index (χ1) is 4.83. The maximum atomic E-state index is 3.90. The molecule has 0 aromatic heterocycles. The standard InChI is InChI=1S/C8H16N2/c1-3-7(2)10-8-4-5-9-6-8/h8-10H,2-6H2,1H3. The first-order valence-electron chi connectivity index (χ1n) is 3.98. The Morgan fingerprint density at radius 1 is 1.80 bits per heavy atom. The van der Waals surface area contributed by atoms with E-state index in [1.165, 1.54) is 6.42 Å². The number of rotatable bonds is 3. The summed E-state index contributed by atoms with van der Waals surface area (Å²) >= 11 is 0. The SMILES string of the molecule is C=C(CC)NC1CCNC1. The summed E-state index contributed by atoms with van der Waals surface area (Å²) in [5, 5.41) is 6.67. The molecule has 2 nitrogen and oxygen atoms in total. The fourth-order valence-electron chi connectivity index (χ4n) is 1.17. The van der Waals surface area contributed by atoms with Crippen molar-refractivity contribution in [3.8, 4) is 0 Å². The Morgan fingerprint density at radius 3 is 3.10 bits per heavy atom. The zero-order valence-corrected chi connectivity index (χ0v) is 6.61. The highest BCUT2D eigenvalue weighted by Crippen LogP contribution is 2.01. The van der Waals surface area contributed by atoms with Crippen LogP contribution in [0.3, 0.4) is 0 Å². The van der Waals surface area contributed by atoms with Crippen molar-refractivity contribution in [1.29, 1.82) is 0 Å². The molecule has 58 valence electrons. The Kier molecular flexibility index (Phi) is 2.75. The Bertz CT molecular complexity index is 114. The summed E-state index contributed by atoms with van der Waals surface area (Å²) in [5.74, 6) is 0. The second-order valence-electron chi connectivity index (χ2n) is 2.79. The van der Waals surface area contributed by atoms with E-state index >= 15 is 0 Å². The van der Waals surface area contributed by atoms with E-state index < -0.39 is 0 Å². The second-order valence-corrected chi connectivity index (χ2v) is 2.79. The topological polar surface area (TPSA) is 24.1 Å². The fraction of sp³-hybridized carbons (Fsp3) is 0.750. The molecule has 0 aromatic rings. The van der Waals surface area contributed by atoms with Crippen LogP contribution in [-0.4, -0.2) is 19.1 Å². The lowest BCUT2D eigenvalue weighted by Crippen LogP contribution is -2.29. The molecule has 1 heterocycles. The van der Waals surface area contributed by atoms with Crippen molar-refractivity contribution in [3.05, 3.63) is 12.3 Å². The molecule has 0 saturated carbocycles. The zero-order chi connectivity index (χ0) is 7.40. The third-order valence-electron chi connectivity index (χ3n) is 1.90. The molecule has 1 rings (SSSR count). The van der Waals surface area contributed by atoms with Crippen molar-refractivity contribution in [2.75, 3.05) is 13.1 Å². The van der Waals surface area contributed by atoms with Gasteiger partial charge in [-0.2, -0.15) is 0 Å². The third kappa shape index (κ3) is 2.03. The number of hydrogen-bond acceptors (Lipinski definition) is 2. The molecular formula is C8H16N2. The summed E-state index contributed by atoms with van der Waals surface area (Å²) in [6, 6.07) is 0.632. The molecule has 1 aliphatic rings. The minimum absolute atomic E-state index is 0.632. The van der Waals surface area contributed by atoms with E-state index in [4.69, 9.17) is 0 Å².